The molecule has 1 saturated heterocycles. The molecule has 2 nitrogen and oxygen atoms in total. The molecule has 0 aliphatic carbocycles. The quantitative estimate of drug-likeness (QED) is 0.846. The Bertz CT molecular complexity index is 363. The van der Waals surface area contributed by atoms with E-state index in [0.717, 1.165) is 6.54 Å². The van der Waals surface area contributed by atoms with Gasteiger partial charge < -0.3 is 5.73 Å². The molecule has 1 aromatic rings. The van der Waals surface area contributed by atoms with Gasteiger partial charge in [-0.15, -0.1) is 11.8 Å². The first kappa shape index (κ1) is 13.9. The van der Waals surface area contributed by atoms with E-state index in [1.807, 2.05) is 0 Å². The highest BCUT2D eigenvalue weighted by Gasteiger charge is 2.26. The van der Waals surface area contributed by atoms with Gasteiger partial charge in [-0.1, -0.05) is 18.6 Å². The zero-order valence-corrected chi connectivity index (χ0v) is 12.2. The van der Waals surface area contributed by atoms with Gasteiger partial charge in [0.15, 0.2) is 0 Å². The molecule has 100 valence electrons. The van der Waals surface area contributed by atoms with E-state index >= 15 is 0 Å². The van der Waals surface area contributed by atoms with Gasteiger partial charge in [0.25, 0.3) is 0 Å². The topological polar surface area (TPSA) is 29.3 Å². The van der Waals surface area contributed by atoms with Gasteiger partial charge in [0.1, 0.15) is 0 Å². The Labute approximate surface area is 115 Å². The number of benzene rings is 1. The van der Waals surface area contributed by atoms with Crippen molar-refractivity contribution < 1.29 is 0 Å². The van der Waals surface area contributed by atoms with Crippen LogP contribution in [-0.2, 0) is 0 Å². The van der Waals surface area contributed by atoms with Crippen molar-refractivity contribution in [3.05, 3.63) is 29.8 Å². The molecule has 1 heterocycles. The van der Waals surface area contributed by atoms with Crippen LogP contribution in [0.1, 0.15) is 37.8 Å². The Hall–Kier alpha value is -0.510. The number of hydrogen-bond donors (Lipinski definition) is 1. The summed E-state index contributed by atoms with van der Waals surface area (Å²) >= 11 is 1.80. The van der Waals surface area contributed by atoms with Crippen molar-refractivity contribution in [1.82, 2.24) is 4.90 Å². The number of piperidine rings is 1. The van der Waals surface area contributed by atoms with E-state index in [2.05, 4.69) is 42.3 Å². The van der Waals surface area contributed by atoms with Crippen molar-refractivity contribution in [1.29, 1.82) is 0 Å². The normalized spacial score (nSPS) is 22.9. The van der Waals surface area contributed by atoms with Crippen LogP contribution >= 0.6 is 11.8 Å². The summed E-state index contributed by atoms with van der Waals surface area (Å²) in [7, 11) is 0. The van der Waals surface area contributed by atoms with E-state index in [1.165, 1.54) is 36.3 Å². The summed E-state index contributed by atoms with van der Waals surface area (Å²) in [6, 6.07) is 10.0. The monoisotopic (exact) mass is 264 g/mol. The number of nitrogens with zero attached hydrogens (tertiary/aromatic N) is 1. The molecule has 2 unspecified atom stereocenters. The van der Waals surface area contributed by atoms with Crippen molar-refractivity contribution in [2.75, 3.05) is 19.3 Å². The molecule has 1 aliphatic heterocycles. The van der Waals surface area contributed by atoms with Gasteiger partial charge in [-0.25, -0.2) is 0 Å². The third kappa shape index (κ3) is 3.08. The molecule has 18 heavy (non-hydrogen) atoms. The van der Waals surface area contributed by atoms with Gasteiger partial charge in [0.05, 0.1) is 0 Å². The Kier molecular flexibility index (Phi) is 5.10. The maximum atomic E-state index is 5.91. The summed E-state index contributed by atoms with van der Waals surface area (Å²) in [5.41, 5.74) is 7.32. The molecule has 1 aromatic carbocycles. The highest BCUT2D eigenvalue weighted by atomic mass is 32.2. The van der Waals surface area contributed by atoms with Crippen LogP contribution in [0.5, 0.6) is 0 Å². The minimum absolute atomic E-state index is 0.481. The van der Waals surface area contributed by atoms with Crippen LogP contribution in [0.3, 0.4) is 0 Å². The lowest BCUT2D eigenvalue weighted by atomic mass is 9.97. The lowest BCUT2D eigenvalue weighted by Gasteiger charge is -2.39. The third-order valence-corrected chi connectivity index (χ3v) is 4.78. The molecule has 0 amide bonds. The van der Waals surface area contributed by atoms with Crippen LogP contribution in [0.2, 0.25) is 0 Å². The second kappa shape index (κ2) is 6.60. The molecule has 1 fully saturated rings. The maximum absolute atomic E-state index is 5.91. The van der Waals surface area contributed by atoms with E-state index in [9.17, 15) is 0 Å². The molecule has 2 atom stereocenters. The summed E-state index contributed by atoms with van der Waals surface area (Å²) in [6.07, 6.45) is 6.01. The highest BCUT2D eigenvalue weighted by Crippen LogP contribution is 2.28. The van der Waals surface area contributed by atoms with Gasteiger partial charge in [0.2, 0.25) is 0 Å². The van der Waals surface area contributed by atoms with Crippen LogP contribution in [0.15, 0.2) is 29.2 Å². The summed E-state index contributed by atoms with van der Waals surface area (Å²) in [6.45, 7) is 4.28. The van der Waals surface area contributed by atoms with Crippen LogP contribution < -0.4 is 5.73 Å². The largest absolute Gasteiger partial charge is 0.329 e. The molecule has 0 spiro atoms. The fourth-order valence-electron chi connectivity index (χ4n) is 2.86. The van der Waals surface area contributed by atoms with Gasteiger partial charge in [0, 0.05) is 23.5 Å². The van der Waals surface area contributed by atoms with E-state index in [-0.39, 0.29) is 0 Å². The molecule has 0 radical (unpaired) electrons. The number of hydrogen-bond acceptors (Lipinski definition) is 3. The lowest BCUT2D eigenvalue weighted by Crippen LogP contribution is -2.45. The molecule has 2 rings (SSSR count). The minimum atomic E-state index is 0.481. The van der Waals surface area contributed by atoms with Crippen LogP contribution in [0.4, 0.5) is 0 Å². The van der Waals surface area contributed by atoms with Crippen molar-refractivity contribution >= 4 is 11.8 Å². The van der Waals surface area contributed by atoms with Crippen LogP contribution in [-0.4, -0.2) is 30.3 Å². The number of likely N-dealkylation sites (tertiary alicyclic amines) is 1. The number of nitrogens with two attached hydrogens (primary N) is 1. The Morgan fingerprint density at radius 2 is 2.06 bits per heavy atom. The van der Waals surface area contributed by atoms with E-state index in [0.29, 0.717) is 12.1 Å². The highest BCUT2D eigenvalue weighted by molar-refractivity contribution is 7.98. The molecule has 1 aliphatic rings. The van der Waals surface area contributed by atoms with Gasteiger partial charge in [-0.3, -0.25) is 4.90 Å². The second-order valence-electron chi connectivity index (χ2n) is 5.07. The standard InChI is InChI=1S/C15H24N2S/c1-12(13-6-8-15(18-2)9-7-13)17-10-4-3-5-14(17)11-16/h6-9,12,14H,3-5,10-11,16H2,1-2H3. The van der Waals surface area contributed by atoms with Crippen LogP contribution in [0, 0.1) is 0 Å². The zero-order chi connectivity index (χ0) is 13.0. The average Bonchev–Trinajstić information content (AvgIpc) is 2.46. The predicted molar refractivity (Wildman–Crippen MR) is 80.0 cm³/mol. The molecule has 2 N–H and O–H groups in total. The fourth-order valence-corrected chi connectivity index (χ4v) is 3.27. The van der Waals surface area contributed by atoms with E-state index in [1.54, 1.807) is 11.8 Å². The zero-order valence-electron chi connectivity index (χ0n) is 11.4. The maximum Gasteiger partial charge on any atom is 0.0323 e. The molecule has 0 aromatic heterocycles. The van der Waals surface area contributed by atoms with E-state index in [4.69, 9.17) is 5.73 Å². The number of thioether (sulfide) groups is 1. The average molecular weight is 264 g/mol. The summed E-state index contributed by atoms with van der Waals surface area (Å²) in [5, 5.41) is 0. The smallest absolute Gasteiger partial charge is 0.0323 e. The Morgan fingerprint density at radius 1 is 1.33 bits per heavy atom. The molecular weight excluding hydrogens is 240 g/mol. The van der Waals surface area contributed by atoms with Crippen molar-refractivity contribution in [3.8, 4) is 0 Å². The molecule has 3 heteroatoms. The Morgan fingerprint density at radius 3 is 2.67 bits per heavy atom. The van der Waals surface area contributed by atoms with Gasteiger partial charge in [-0.2, -0.15) is 0 Å². The SMILES string of the molecule is CSc1ccc(C(C)N2CCCCC2CN)cc1. The van der Waals surface area contributed by atoms with E-state index < -0.39 is 0 Å². The van der Waals surface area contributed by atoms with Gasteiger partial charge in [-0.05, 0) is 50.3 Å². The summed E-state index contributed by atoms with van der Waals surface area (Å²) in [5.74, 6) is 0. The first-order chi connectivity index (χ1) is 8.76. The summed E-state index contributed by atoms with van der Waals surface area (Å²) < 4.78 is 0. The molecular formula is C15H24N2S. The Balaban J connectivity index is 2.10. The molecule has 0 saturated carbocycles. The molecule has 0 bridgehead atoms. The number of rotatable bonds is 4. The van der Waals surface area contributed by atoms with Gasteiger partial charge >= 0.3 is 0 Å². The lowest BCUT2D eigenvalue weighted by molar-refractivity contribution is 0.108. The first-order valence-corrected chi connectivity index (χ1v) is 8.08. The van der Waals surface area contributed by atoms with Crippen LogP contribution in [0.25, 0.3) is 0 Å². The predicted octanol–water partition coefficient (Wildman–Crippen LogP) is 3.28. The third-order valence-electron chi connectivity index (χ3n) is 4.04. The second-order valence-corrected chi connectivity index (χ2v) is 5.95. The summed E-state index contributed by atoms with van der Waals surface area (Å²) in [4.78, 5) is 3.91. The van der Waals surface area contributed by atoms with Crippen molar-refractivity contribution in [3.63, 3.8) is 0 Å². The van der Waals surface area contributed by atoms with Crippen molar-refractivity contribution in [2.24, 2.45) is 5.73 Å². The fraction of sp³-hybridized carbons (Fsp3) is 0.600. The minimum Gasteiger partial charge on any atom is -0.329 e. The van der Waals surface area contributed by atoms with Crippen molar-refractivity contribution in [2.45, 2.75) is 43.2 Å². The first-order valence-electron chi connectivity index (χ1n) is 6.86.